The fraction of sp³-hybridized carbons (Fsp3) is 0.286. The SMILES string of the molecule is CNC(CS(C)(=O)=O)c1cccc2ccccc12. The second-order valence-corrected chi connectivity index (χ2v) is 6.69. The van der Waals surface area contributed by atoms with Crippen LogP contribution < -0.4 is 5.32 Å². The van der Waals surface area contributed by atoms with E-state index < -0.39 is 9.84 Å². The zero-order valence-electron chi connectivity index (χ0n) is 10.6. The third kappa shape index (κ3) is 2.89. The average molecular weight is 263 g/mol. The molecular weight excluding hydrogens is 246 g/mol. The van der Waals surface area contributed by atoms with E-state index in [1.165, 1.54) is 6.26 Å². The molecule has 0 amide bonds. The minimum atomic E-state index is -3.01. The van der Waals surface area contributed by atoms with Crippen molar-refractivity contribution in [2.24, 2.45) is 0 Å². The number of benzene rings is 2. The third-order valence-electron chi connectivity index (χ3n) is 3.02. The topological polar surface area (TPSA) is 46.2 Å². The lowest BCUT2D eigenvalue weighted by molar-refractivity contribution is 0.580. The highest BCUT2D eigenvalue weighted by atomic mass is 32.2. The van der Waals surface area contributed by atoms with E-state index in [9.17, 15) is 8.42 Å². The van der Waals surface area contributed by atoms with Gasteiger partial charge in [0.1, 0.15) is 9.84 Å². The normalized spacial score (nSPS) is 13.7. The van der Waals surface area contributed by atoms with E-state index in [1.807, 2.05) is 42.5 Å². The summed E-state index contributed by atoms with van der Waals surface area (Å²) in [6, 6.07) is 13.8. The summed E-state index contributed by atoms with van der Waals surface area (Å²) >= 11 is 0. The molecule has 0 saturated heterocycles. The van der Waals surface area contributed by atoms with Crippen molar-refractivity contribution in [2.45, 2.75) is 6.04 Å². The lowest BCUT2D eigenvalue weighted by atomic mass is 10.00. The number of fused-ring (bicyclic) bond motifs is 1. The van der Waals surface area contributed by atoms with Crippen molar-refractivity contribution < 1.29 is 8.42 Å². The van der Waals surface area contributed by atoms with Crippen LogP contribution >= 0.6 is 0 Å². The second-order valence-electron chi connectivity index (χ2n) is 4.50. The number of hydrogen-bond acceptors (Lipinski definition) is 3. The Morgan fingerprint density at radius 2 is 1.78 bits per heavy atom. The first kappa shape index (κ1) is 13.1. The van der Waals surface area contributed by atoms with E-state index in [2.05, 4.69) is 5.32 Å². The van der Waals surface area contributed by atoms with E-state index in [1.54, 1.807) is 7.05 Å². The molecule has 2 rings (SSSR count). The van der Waals surface area contributed by atoms with Gasteiger partial charge in [0.15, 0.2) is 0 Å². The highest BCUT2D eigenvalue weighted by Gasteiger charge is 2.17. The molecular formula is C14H17NO2S. The molecule has 96 valence electrons. The van der Waals surface area contributed by atoms with Crippen molar-refractivity contribution >= 4 is 20.6 Å². The molecule has 0 aliphatic rings. The maximum absolute atomic E-state index is 11.5. The van der Waals surface area contributed by atoms with Crippen LogP contribution in [-0.2, 0) is 9.84 Å². The van der Waals surface area contributed by atoms with Crippen LogP contribution in [0.5, 0.6) is 0 Å². The van der Waals surface area contributed by atoms with E-state index in [0.717, 1.165) is 16.3 Å². The molecule has 4 heteroatoms. The fourth-order valence-electron chi connectivity index (χ4n) is 2.19. The average Bonchev–Trinajstić information content (AvgIpc) is 2.34. The van der Waals surface area contributed by atoms with Crippen LogP contribution in [0.25, 0.3) is 10.8 Å². The van der Waals surface area contributed by atoms with Gasteiger partial charge in [-0.1, -0.05) is 42.5 Å². The second kappa shape index (κ2) is 5.08. The van der Waals surface area contributed by atoms with Crippen LogP contribution in [0.2, 0.25) is 0 Å². The van der Waals surface area contributed by atoms with Gasteiger partial charge in [0.05, 0.1) is 5.75 Å². The van der Waals surface area contributed by atoms with Crippen molar-refractivity contribution in [3.05, 3.63) is 48.0 Å². The molecule has 1 unspecified atom stereocenters. The zero-order chi connectivity index (χ0) is 13.2. The van der Waals surface area contributed by atoms with Crippen LogP contribution in [0.4, 0.5) is 0 Å². The Hall–Kier alpha value is -1.39. The lowest BCUT2D eigenvalue weighted by Crippen LogP contribution is -2.24. The summed E-state index contributed by atoms with van der Waals surface area (Å²) in [5.74, 6) is 0.109. The number of hydrogen-bond donors (Lipinski definition) is 1. The Balaban J connectivity index is 2.51. The monoisotopic (exact) mass is 263 g/mol. The zero-order valence-corrected chi connectivity index (χ0v) is 11.4. The van der Waals surface area contributed by atoms with Crippen molar-refractivity contribution in [3.8, 4) is 0 Å². The molecule has 0 aromatic heterocycles. The summed E-state index contributed by atoms with van der Waals surface area (Å²) in [5, 5.41) is 5.32. The van der Waals surface area contributed by atoms with E-state index in [0.29, 0.717) is 0 Å². The fourth-order valence-corrected chi connectivity index (χ4v) is 3.14. The van der Waals surface area contributed by atoms with Gasteiger partial charge in [-0.05, 0) is 23.4 Å². The Morgan fingerprint density at radius 3 is 2.44 bits per heavy atom. The Kier molecular flexibility index (Phi) is 3.68. The first-order valence-corrected chi connectivity index (χ1v) is 7.90. The van der Waals surface area contributed by atoms with Crippen molar-refractivity contribution in [1.82, 2.24) is 5.32 Å². The Bertz CT molecular complexity index is 644. The van der Waals surface area contributed by atoms with E-state index in [-0.39, 0.29) is 11.8 Å². The number of nitrogens with one attached hydrogen (secondary N) is 1. The third-order valence-corrected chi connectivity index (χ3v) is 3.96. The Labute approximate surface area is 108 Å². The van der Waals surface area contributed by atoms with Gasteiger partial charge in [0.25, 0.3) is 0 Å². The molecule has 3 nitrogen and oxygen atoms in total. The number of sulfone groups is 1. The maximum atomic E-state index is 11.5. The maximum Gasteiger partial charge on any atom is 0.149 e. The smallest absolute Gasteiger partial charge is 0.149 e. The standard InChI is InChI=1S/C14H17NO2S/c1-15-14(10-18(2,16)17)13-9-5-7-11-6-3-4-8-12(11)13/h3-9,14-15H,10H2,1-2H3. The van der Waals surface area contributed by atoms with Gasteiger partial charge < -0.3 is 5.32 Å². The first-order chi connectivity index (χ1) is 8.51. The first-order valence-electron chi connectivity index (χ1n) is 5.84. The molecule has 1 N–H and O–H groups in total. The van der Waals surface area contributed by atoms with Gasteiger partial charge in [-0.3, -0.25) is 0 Å². The Morgan fingerprint density at radius 1 is 1.11 bits per heavy atom. The quantitative estimate of drug-likeness (QED) is 0.919. The van der Waals surface area contributed by atoms with Gasteiger partial charge in [0.2, 0.25) is 0 Å². The molecule has 0 bridgehead atoms. The van der Waals surface area contributed by atoms with Crippen LogP contribution in [0.15, 0.2) is 42.5 Å². The van der Waals surface area contributed by atoms with Gasteiger partial charge in [-0.15, -0.1) is 0 Å². The molecule has 0 saturated carbocycles. The van der Waals surface area contributed by atoms with Crippen LogP contribution in [-0.4, -0.2) is 27.5 Å². The number of rotatable bonds is 4. The largest absolute Gasteiger partial charge is 0.312 e. The highest BCUT2D eigenvalue weighted by Crippen LogP contribution is 2.24. The van der Waals surface area contributed by atoms with Crippen molar-refractivity contribution in [3.63, 3.8) is 0 Å². The van der Waals surface area contributed by atoms with Gasteiger partial charge in [-0.25, -0.2) is 8.42 Å². The van der Waals surface area contributed by atoms with Gasteiger partial charge in [0, 0.05) is 12.3 Å². The van der Waals surface area contributed by atoms with Crippen molar-refractivity contribution in [1.29, 1.82) is 0 Å². The summed E-state index contributed by atoms with van der Waals surface area (Å²) in [6.45, 7) is 0. The van der Waals surface area contributed by atoms with Crippen LogP contribution in [0.3, 0.4) is 0 Å². The minimum Gasteiger partial charge on any atom is -0.312 e. The van der Waals surface area contributed by atoms with Crippen LogP contribution in [0, 0.1) is 0 Å². The predicted octanol–water partition coefficient (Wildman–Crippen LogP) is 2.14. The lowest BCUT2D eigenvalue weighted by Gasteiger charge is -2.17. The summed E-state index contributed by atoms with van der Waals surface area (Å²) in [4.78, 5) is 0. The minimum absolute atomic E-state index is 0.109. The summed E-state index contributed by atoms with van der Waals surface area (Å²) in [6.07, 6.45) is 1.27. The highest BCUT2D eigenvalue weighted by molar-refractivity contribution is 7.90. The molecule has 2 aromatic rings. The molecule has 0 radical (unpaired) electrons. The summed E-state index contributed by atoms with van der Waals surface area (Å²) in [5.41, 5.74) is 1.03. The van der Waals surface area contributed by atoms with Crippen LogP contribution in [0.1, 0.15) is 11.6 Å². The van der Waals surface area contributed by atoms with Gasteiger partial charge >= 0.3 is 0 Å². The molecule has 18 heavy (non-hydrogen) atoms. The summed E-state index contributed by atoms with van der Waals surface area (Å²) < 4.78 is 22.9. The summed E-state index contributed by atoms with van der Waals surface area (Å²) in [7, 11) is -1.23. The molecule has 0 aliphatic carbocycles. The molecule has 0 fully saturated rings. The van der Waals surface area contributed by atoms with E-state index in [4.69, 9.17) is 0 Å². The molecule has 2 aromatic carbocycles. The molecule has 0 heterocycles. The molecule has 0 spiro atoms. The van der Waals surface area contributed by atoms with E-state index >= 15 is 0 Å². The molecule has 0 aliphatic heterocycles. The predicted molar refractivity (Wildman–Crippen MR) is 75.5 cm³/mol. The molecule has 1 atom stereocenters. The van der Waals surface area contributed by atoms with Crippen molar-refractivity contribution in [2.75, 3.05) is 19.1 Å². The van der Waals surface area contributed by atoms with Gasteiger partial charge in [-0.2, -0.15) is 0 Å².